The second kappa shape index (κ2) is 5.53. The topological polar surface area (TPSA) is 32.7 Å². The Morgan fingerprint density at radius 3 is 2.65 bits per heavy atom. The molecule has 0 aromatic heterocycles. The van der Waals surface area contributed by atoms with Crippen molar-refractivity contribution in [2.24, 2.45) is 0 Å². The average Bonchev–Trinajstić information content (AvgIpc) is 2.28. The summed E-state index contributed by atoms with van der Waals surface area (Å²) >= 11 is 0. The van der Waals surface area contributed by atoms with Crippen molar-refractivity contribution in [3.05, 3.63) is 35.4 Å². The molecule has 1 aromatic rings. The summed E-state index contributed by atoms with van der Waals surface area (Å²) in [7, 11) is 0. The zero-order valence-corrected chi connectivity index (χ0v) is 9.40. The molecule has 0 radical (unpaired) electrons. The van der Waals surface area contributed by atoms with Gasteiger partial charge in [-0.25, -0.2) is 8.78 Å². The van der Waals surface area contributed by atoms with E-state index in [9.17, 15) is 8.78 Å². The Hall–Kier alpha value is -1.04. The minimum Gasteiger partial charge on any atom is -0.394 e. The lowest BCUT2D eigenvalue weighted by molar-refractivity contribution is -0.0551. The van der Waals surface area contributed by atoms with E-state index in [0.717, 1.165) is 6.07 Å². The van der Waals surface area contributed by atoms with Gasteiger partial charge in [0, 0.05) is 25.7 Å². The fourth-order valence-electron chi connectivity index (χ4n) is 1.99. The van der Waals surface area contributed by atoms with Crippen LogP contribution in [0.2, 0.25) is 0 Å². The van der Waals surface area contributed by atoms with Crippen LogP contribution in [0.1, 0.15) is 5.56 Å². The first kappa shape index (κ1) is 12.4. The highest BCUT2D eigenvalue weighted by atomic mass is 19.1. The molecule has 0 spiro atoms. The molecule has 0 saturated carbocycles. The number of hydrogen-bond acceptors (Lipinski definition) is 3. The van der Waals surface area contributed by atoms with Crippen LogP contribution in [0.3, 0.4) is 0 Å². The highest BCUT2D eigenvalue weighted by Gasteiger charge is 2.19. The first-order valence-electron chi connectivity index (χ1n) is 5.57. The molecule has 3 nitrogen and oxygen atoms in total. The van der Waals surface area contributed by atoms with Crippen LogP contribution in [0.5, 0.6) is 0 Å². The normalized spacial score (nSPS) is 21.7. The van der Waals surface area contributed by atoms with Gasteiger partial charge in [0.1, 0.15) is 11.6 Å². The molecule has 1 aliphatic heterocycles. The number of morpholine rings is 1. The van der Waals surface area contributed by atoms with Gasteiger partial charge in [0.25, 0.3) is 0 Å². The van der Waals surface area contributed by atoms with Crippen LogP contribution in [0, 0.1) is 11.6 Å². The third-order valence-electron chi connectivity index (χ3n) is 2.76. The molecule has 1 N–H and O–H groups in total. The third kappa shape index (κ3) is 3.46. The van der Waals surface area contributed by atoms with Gasteiger partial charge in [-0.1, -0.05) is 0 Å². The highest BCUT2D eigenvalue weighted by molar-refractivity contribution is 5.17. The lowest BCUT2D eigenvalue weighted by atomic mass is 10.2. The van der Waals surface area contributed by atoms with Crippen LogP contribution in [0.25, 0.3) is 0 Å². The van der Waals surface area contributed by atoms with Crippen molar-refractivity contribution in [1.82, 2.24) is 4.90 Å². The molecule has 1 aliphatic rings. The van der Waals surface area contributed by atoms with Crippen LogP contribution in [-0.4, -0.2) is 42.4 Å². The molecule has 94 valence electrons. The van der Waals surface area contributed by atoms with E-state index in [4.69, 9.17) is 9.84 Å². The van der Waals surface area contributed by atoms with E-state index in [2.05, 4.69) is 0 Å². The number of aliphatic hydroxyl groups is 1. The Morgan fingerprint density at radius 1 is 1.29 bits per heavy atom. The van der Waals surface area contributed by atoms with E-state index in [1.54, 1.807) is 0 Å². The summed E-state index contributed by atoms with van der Waals surface area (Å²) in [6, 6.07) is 3.51. The molecule has 2 rings (SSSR count). The van der Waals surface area contributed by atoms with E-state index >= 15 is 0 Å². The predicted molar refractivity (Wildman–Crippen MR) is 58.5 cm³/mol. The summed E-state index contributed by atoms with van der Waals surface area (Å²) in [6.45, 7) is 2.24. The summed E-state index contributed by atoms with van der Waals surface area (Å²) < 4.78 is 31.3. The molecular formula is C12H15F2NO2. The van der Waals surface area contributed by atoms with Crippen molar-refractivity contribution in [3.8, 4) is 0 Å². The summed E-state index contributed by atoms with van der Waals surface area (Å²) in [5.74, 6) is -1.13. The molecule has 0 aliphatic carbocycles. The van der Waals surface area contributed by atoms with Crippen LogP contribution in [0.4, 0.5) is 8.78 Å². The van der Waals surface area contributed by atoms with Gasteiger partial charge in [-0.2, -0.15) is 0 Å². The summed E-state index contributed by atoms with van der Waals surface area (Å²) in [4.78, 5) is 2.01. The van der Waals surface area contributed by atoms with Gasteiger partial charge >= 0.3 is 0 Å². The van der Waals surface area contributed by atoms with Gasteiger partial charge in [0.2, 0.25) is 0 Å². The molecular weight excluding hydrogens is 228 g/mol. The maximum Gasteiger partial charge on any atom is 0.126 e. The standard InChI is InChI=1S/C12H15F2NO2/c13-10-3-9(4-11(14)5-10)6-15-1-2-17-12(7-15)8-16/h3-5,12,16H,1-2,6-8H2. The Labute approximate surface area is 98.6 Å². The van der Waals surface area contributed by atoms with Gasteiger partial charge in [-0.3, -0.25) is 4.90 Å². The number of halogens is 2. The van der Waals surface area contributed by atoms with Gasteiger partial charge in [-0.15, -0.1) is 0 Å². The minimum absolute atomic E-state index is 0.0337. The first-order valence-corrected chi connectivity index (χ1v) is 5.57. The van der Waals surface area contributed by atoms with E-state index in [0.29, 0.717) is 31.8 Å². The summed E-state index contributed by atoms with van der Waals surface area (Å²) in [6.07, 6.45) is -0.206. The van der Waals surface area contributed by atoms with E-state index < -0.39 is 11.6 Å². The molecule has 1 saturated heterocycles. The largest absolute Gasteiger partial charge is 0.394 e. The molecule has 5 heteroatoms. The second-order valence-corrected chi connectivity index (χ2v) is 4.19. The molecule has 1 atom stereocenters. The molecule has 1 aromatic carbocycles. The van der Waals surface area contributed by atoms with Crippen molar-refractivity contribution >= 4 is 0 Å². The number of nitrogens with zero attached hydrogens (tertiary/aromatic N) is 1. The zero-order valence-electron chi connectivity index (χ0n) is 9.40. The number of hydrogen-bond donors (Lipinski definition) is 1. The lowest BCUT2D eigenvalue weighted by Gasteiger charge is -2.31. The fraction of sp³-hybridized carbons (Fsp3) is 0.500. The van der Waals surface area contributed by atoms with Crippen molar-refractivity contribution in [3.63, 3.8) is 0 Å². The summed E-state index contributed by atoms with van der Waals surface area (Å²) in [5, 5.41) is 8.99. The van der Waals surface area contributed by atoms with Crippen molar-refractivity contribution in [2.75, 3.05) is 26.3 Å². The van der Waals surface area contributed by atoms with E-state index in [1.165, 1.54) is 12.1 Å². The first-order chi connectivity index (χ1) is 8.17. The molecule has 1 unspecified atom stereocenters. The molecule has 1 heterocycles. The van der Waals surface area contributed by atoms with Crippen molar-refractivity contribution in [2.45, 2.75) is 12.6 Å². The van der Waals surface area contributed by atoms with Crippen LogP contribution in [-0.2, 0) is 11.3 Å². The van der Waals surface area contributed by atoms with Crippen LogP contribution >= 0.6 is 0 Å². The van der Waals surface area contributed by atoms with Crippen LogP contribution < -0.4 is 0 Å². The Balaban J connectivity index is 2.00. The number of aliphatic hydroxyl groups excluding tert-OH is 1. The van der Waals surface area contributed by atoms with Gasteiger partial charge < -0.3 is 9.84 Å². The smallest absolute Gasteiger partial charge is 0.126 e. The van der Waals surface area contributed by atoms with E-state index in [1.807, 2.05) is 4.90 Å². The fourth-order valence-corrected chi connectivity index (χ4v) is 1.99. The number of rotatable bonds is 3. The maximum atomic E-state index is 13.0. The van der Waals surface area contributed by atoms with Crippen molar-refractivity contribution < 1.29 is 18.6 Å². The third-order valence-corrected chi connectivity index (χ3v) is 2.76. The Morgan fingerprint density at radius 2 is 2.00 bits per heavy atom. The molecule has 1 fully saturated rings. The van der Waals surface area contributed by atoms with Gasteiger partial charge in [0.15, 0.2) is 0 Å². The lowest BCUT2D eigenvalue weighted by Crippen LogP contribution is -2.43. The van der Waals surface area contributed by atoms with Gasteiger partial charge in [-0.05, 0) is 17.7 Å². The average molecular weight is 243 g/mol. The monoisotopic (exact) mass is 243 g/mol. The second-order valence-electron chi connectivity index (χ2n) is 4.19. The van der Waals surface area contributed by atoms with Crippen molar-refractivity contribution in [1.29, 1.82) is 0 Å². The maximum absolute atomic E-state index is 13.0. The van der Waals surface area contributed by atoms with Crippen LogP contribution in [0.15, 0.2) is 18.2 Å². The van der Waals surface area contributed by atoms with Gasteiger partial charge in [0.05, 0.1) is 19.3 Å². The molecule has 0 amide bonds. The highest BCUT2D eigenvalue weighted by Crippen LogP contribution is 2.13. The number of benzene rings is 1. The predicted octanol–water partition coefficient (Wildman–Crippen LogP) is 1.16. The Bertz CT molecular complexity index is 367. The minimum atomic E-state index is -0.563. The molecule has 0 bridgehead atoms. The Kier molecular flexibility index (Phi) is 4.04. The quantitative estimate of drug-likeness (QED) is 0.864. The zero-order chi connectivity index (χ0) is 12.3. The SMILES string of the molecule is OCC1CN(Cc2cc(F)cc(F)c2)CCO1. The molecule has 17 heavy (non-hydrogen) atoms. The van der Waals surface area contributed by atoms with E-state index in [-0.39, 0.29) is 12.7 Å². The summed E-state index contributed by atoms with van der Waals surface area (Å²) in [5.41, 5.74) is 0.598. The number of ether oxygens (including phenoxy) is 1.